The molecule has 5 nitrogen and oxygen atoms in total. The number of carbonyl (C=O) groups is 3. The summed E-state index contributed by atoms with van der Waals surface area (Å²) in [6, 6.07) is 0. The van der Waals surface area contributed by atoms with Crippen LogP contribution in [0.15, 0.2) is 0 Å². The molecule has 68 valence electrons. The molecule has 0 radical (unpaired) electrons. The summed E-state index contributed by atoms with van der Waals surface area (Å²) in [6.07, 6.45) is 0. The number of rotatable bonds is 4. The standard InChI is InChI=1S/C7H11NO4/c1-4(5(2)9)7(12)8-3-6(10)11/h4H,3H2,1-2H3,(H,8,12)(H,10,11). The van der Waals surface area contributed by atoms with Crippen LogP contribution < -0.4 is 5.32 Å². The van der Waals surface area contributed by atoms with E-state index in [0.717, 1.165) is 0 Å². The van der Waals surface area contributed by atoms with Crippen LogP contribution in [0.2, 0.25) is 0 Å². The topological polar surface area (TPSA) is 83.5 Å². The van der Waals surface area contributed by atoms with E-state index in [4.69, 9.17) is 5.11 Å². The van der Waals surface area contributed by atoms with Crippen LogP contribution in [-0.2, 0) is 14.4 Å². The third kappa shape index (κ3) is 3.70. The van der Waals surface area contributed by atoms with Gasteiger partial charge in [-0.1, -0.05) is 0 Å². The number of carboxylic acids is 1. The number of Topliss-reactive ketones (excluding diaryl/α,β-unsaturated/α-hetero) is 1. The number of carbonyl (C=O) groups excluding carboxylic acids is 2. The van der Waals surface area contributed by atoms with Crippen molar-refractivity contribution < 1.29 is 19.5 Å². The molecule has 0 rings (SSSR count). The lowest BCUT2D eigenvalue weighted by Crippen LogP contribution is -2.35. The molecule has 1 amide bonds. The number of ketones is 1. The van der Waals surface area contributed by atoms with Crippen LogP contribution in [-0.4, -0.2) is 29.3 Å². The zero-order valence-corrected chi connectivity index (χ0v) is 6.96. The predicted octanol–water partition coefficient (Wildman–Crippen LogP) is -0.588. The number of aliphatic carboxylic acids is 1. The SMILES string of the molecule is CC(=O)C(C)C(=O)NCC(=O)O. The van der Waals surface area contributed by atoms with Crippen molar-refractivity contribution in [1.82, 2.24) is 5.32 Å². The van der Waals surface area contributed by atoms with E-state index in [1.54, 1.807) is 0 Å². The minimum atomic E-state index is -1.13. The van der Waals surface area contributed by atoms with E-state index in [-0.39, 0.29) is 5.78 Å². The van der Waals surface area contributed by atoms with Gasteiger partial charge in [0.25, 0.3) is 0 Å². The lowest BCUT2D eigenvalue weighted by Gasteiger charge is -2.06. The van der Waals surface area contributed by atoms with E-state index in [2.05, 4.69) is 5.32 Å². The summed E-state index contributed by atoms with van der Waals surface area (Å²) in [5.41, 5.74) is 0. The van der Waals surface area contributed by atoms with E-state index in [9.17, 15) is 14.4 Å². The second-order valence-electron chi connectivity index (χ2n) is 2.44. The molecule has 0 heterocycles. The minimum absolute atomic E-state index is 0.280. The smallest absolute Gasteiger partial charge is 0.322 e. The van der Waals surface area contributed by atoms with Crippen molar-refractivity contribution in [2.75, 3.05) is 6.54 Å². The molecule has 1 unspecified atom stereocenters. The fourth-order valence-electron chi connectivity index (χ4n) is 0.500. The first-order valence-electron chi connectivity index (χ1n) is 3.45. The summed E-state index contributed by atoms with van der Waals surface area (Å²) in [7, 11) is 0. The number of nitrogens with one attached hydrogen (secondary N) is 1. The molecular formula is C7H11NO4. The lowest BCUT2D eigenvalue weighted by atomic mass is 10.1. The molecule has 12 heavy (non-hydrogen) atoms. The predicted molar refractivity (Wildman–Crippen MR) is 40.5 cm³/mol. The Morgan fingerprint density at radius 3 is 2.25 bits per heavy atom. The Labute approximate surface area is 69.8 Å². The maximum Gasteiger partial charge on any atom is 0.322 e. The number of hydrogen-bond acceptors (Lipinski definition) is 3. The Bertz CT molecular complexity index is 211. The fraction of sp³-hybridized carbons (Fsp3) is 0.571. The second-order valence-corrected chi connectivity index (χ2v) is 2.44. The van der Waals surface area contributed by atoms with E-state index >= 15 is 0 Å². The zero-order chi connectivity index (χ0) is 9.72. The van der Waals surface area contributed by atoms with Crippen molar-refractivity contribution in [2.24, 2.45) is 5.92 Å². The quantitative estimate of drug-likeness (QED) is 0.557. The first-order chi connectivity index (χ1) is 5.45. The maximum atomic E-state index is 10.9. The Hall–Kier alpha value is -1.39. The fourth-order valence-corrected chi connectivity index (χ4v) is 0.500. The first-order valence-corrected chi connectivity index (χ1v) is 3.45. The Balaban J connectivity index is 3.88. The van der Waals surface area contributed by atoms with Gasteiger partial charge < -0.3 is 10.4 Å². The molecule has 1 atom stereocenters. The average Bonchev–Trinajstić information content (AvgIpc) is 1.98. The van der Waals surface area contributed by atoms with Crippen LogP contribution in [0.5, 0.6) is 0 Å². The monoisotopic (exact) mass is 173 g/mol. The second kappa shape index (κ2) is 4.48. The normalized spacial score (nSPS) is 11.8. The average molecular weight is 173 g/mol. The molecule has 0 saturated carbocycles. The van der Waals surface area contributed by atoms with Crippen molar-refractivity contribution in [3.05, 3.63) is 0 Å². The number of carboxylic acid groups (broad SMARTS) is 1. The van der Waals surface area contributed by atoms with Gasteiger partial charge in [-0.15, -0.1) is 0 Å². The molecule has 0 fully saturated rings. The molecule has 0 aliphatic heterocycles. The van der Waals surface area contributed by atoms with Gasteiger partial charge in [0.1, 0.15) is 12.3 Å². The van der Waals surface area contributed by atoms with Gasteiger partial charge >= 0.3 is 5.97 Å². The van der Waals surface area contributed by atoms with Gasteiger partial charge in [-0.25, -0.2) is 0 Å². The van der Waals surface area contributed by atoms with E-state index in [1.165, 1.54) is 13.8 Å². The van der Waals surface area contributed by atoms with Crippen molar-refractivity contribution in [2.45, 2.75) is 13.8 Å². The summed E-state index contributed by atoms with van der Waals surface area (Å²) < 4.78 is 0. The Morgan fingerprint density at radius 2 is 1.92 bits per heavy atom. The highest BCUT2D eigenvalue weighted by atomic mass is 16.4. The van der Waals surface area contributed by atoms with Crippen LogP contribution >= 0.6 is 0 Å². The molecule has 0 aromatic heterocycles. The van der Waals surface area contributed by atoms with Crippen LogP contribution in [0, 0.1) is 5.92 Å². The van der Waals surface area contributed by atoms with Crippen LogP contribution in [0.4, 0.5) is 0 Å². The van der Waals surface area contributed by atoms with Crippen LogP contribution in [0.3, 0.4) is 0 Å². The molecular weight excluding hydrogens is 162 g/mol. The summed E-state index contributed by atoms with van der Waals surface area (Å²) in [4.78, 5) is 31.5. The summed E-state index contributed by atoms with van der Waals surface area (Å²) in [6.45, 7) is 2.26. The molecule has 0 aliphatic carbocycles. The van der Waals surface area contributed by atoms with Crippen molar-refractivity contribution in [3.8, 4) is 0 Å². The first kappa shape index (κ1) is 10.6. The summed E-state index contributed by atoms with van der Waals surface area (Å²) in [5.74, 6) is -2.73. The molecule has 0 saturated heterocycles. The summed E-state index contributed by atoms with van der Waals surface area (Å²) >= 11 is 0. The highest BCUT2D eigenvalue weighted by Crippen LogP contribution is 1.94. The van der Waals surface area contributed by atoms with Crippen LogP contribution in [0.1, 0.15) is 13.8 Å². The molecule has 2 N–H and O–H groups in total. The van der Waals surface area contributed by atoms with E-state index < -0.39 is 24.3 Å². The third-order valence-electron chi connectivity index (χ3n) is 1.42. The number of hydrogen-bond donors (Lipinski definition) is 2. The largest absolute Gasteiger partial charge is 0.480 e. The van der Waals surface area contributed by atoms with Gasteiger partial charge in [0.15, 0.2) is 0 Å². The van der Waals surface area contributed by atoms with E-state index in [1.807, 2.05) is 0 Å². The molecule has 0 aromatic rings. The third-order valence-corrected chi connectivity index (χ3v) is 1.42. The van der Waals surface area contributed by atoms with Crippen molar-refractivity contribution >= 4 is 17.7 Å². The van der Waals surface area contributed by atoms with Gasteiger partial charge in [0, 0.05) is 0 Å². The zero-order valence-electron chi connectivity index (χ0n) is 6.96. The maximum absolute atomic E-state index is 10.9. The molecule has 5 heteroatoms. The Kier molecular flexibility index (Phi) is 3.96. The van der Waals surface area contributed by atoms with Gasteiger partial charge in [-0.2, -0.15) is 0 Å². The molecule has 0 spiro atoms. The Morgan fingerprint density at radius 1 is 1.42 bits per heavy atom. The van der Waals surface area contributed by atoms with Gasteiger partial charge in [-0.3, -0.25) is 14.4 Å². The number of amides is 1. The molecule has 0 aromatic carbocycles. The lowest BCUT2D eigenvalue weighted by molar-refractivity contribution is -0.140. The van der Waals surface area contributed by atoms with Crippen molar-refractivity contribution in [1.29, 1.82) is 0 Å². The van der Waals surface area contributed by atoms with Gasteiger partial charge in [0.05, 0.1) is 5.92 Å². The summed E-state index contributed by atoms with van der Waals surface area (Å²) in [5, 5.41) is 10.3. The van der Waals surface area contributed by atoms with Crippen molar-refractivity contribution in [3.63, 3.8) is 0 Å². The highest BCUT2D eigenvalue weighted by Gasteiger charge is 2.17. The van der Waals surface area contributed by atoms with Gasteiger partial charge in [-0.05, 0) is 13.8 Å². The van der Waals surface area contributed by atoms with E-state index in [0.29, 0.717) is 0 Å². The molecule has 0 bridgehead atoms. The van der Waals surface area contributed by atoms with Gasteiger partial charge in [0.2, 0.25) is 5.91 Å². The minimum Gasteiger partial charge on any atom is -0.480 e. The highest BCUT2D eigenvalue weighted by molar-refractivity contribution is 6.00. The molecule has 0 aliphatic rings. The van der Waals surface area contributed by atoms with Crippen LogP contribution in [0.25, 0.3) is 0 Å².